The zero-order valence-electron chi connectivity index (χ0n) is 18.0. The number of carbonyl (C=O) groups excluding carboxylic acids is 3. The van der Waals surface area contributed by atoms with E-state index in [2.05, 4.69) is 10.6 Å². The number of nitrogens with one attached hydrogen (secondary N) is 2. The molecule has 168 valence electrons. The van der Waals surface area contributed by atoms with Crippen molar-refractivity contribution in [1.29, 1.82) is 0 Å². The van der Waals surface area contributed by atoms with Gasteiger partial charge >= 0.3 is 0 Å². The number of nitrogens with zero attached hydrogens (tertiary/aromatic N) is 1. The molecule has 1 aromatic carbocycles. The molecule has 3 N–H and O–H groups in total. The standard InChI is InChI=1S/C23H31N3O5/c1-3-4-12-24-21(29)19-23-11-10-16(31-23)17(18(23)22(30)26(19)14(2)13-27)20(28)25-15-8-6-5-7-9-15/h5-9,14,16-19,27H,3-4,10-13H2,1-2H3,(H,24,29)(H,25,28)/t14-,16+,17-,18+,19?,23?/m1/s1. The molecule has 8 heteroatoms. The Hall–Kier alpha value is -2.45. The molecule has 0 saturated carbocycles. The monoisotopic (exact) mass is 429 g/mol. The van der Waals surface area contributed by atoms with Gasteiger partial charge in [0.25, 0.3) is 0 Å². The van der Waals surface area contributed by atoms with E-state index in [4.69, 9.17) is 4.74 Å². The Kier molecular flexibility index (Phi) is 6.03. The molecule has 8 nitrogen and oxygen atoms in total. The van der Waals surface area contributed by atoms with Gasteiger partial charge in [0.15, 0.2) is 0 Å². The van der Waals surface area contributed by atoms with E-state index in [1.807, 2.05) is 25.1 Å². The van der Waals surface area contributed by atoms with E-state index in [1.54, 1.807) is 19.1 Å². The van der Waals surface area contributed by atoms with Gasteiger partial charge in [-0.2, -0.15) is 0 Å². The second-order valence-electron chi connectivity index (χ2n) is 8.83. The molecular weight excluding hydrogens is 398 g/mol. The quantitative estimate of drug-likeness (QED) is 0.540. The van der Waals surface area contributed by atoms with Crippen molar-refractivity contribution in [1.82, 2.24) is 10.2 Å². The first-order valence-electron chi connectivity index (χ1n) is 11.2. The molecule has 3 aliphatic heterocycles. The minimum Gasteiger partial charge on any atom is -0.394 e. The molecule has 1 spiro atoms. The molecule has 3 heterocycles. The van der Waals surface area contributed by atoms with Crippen LogP contribution in [0.3, 0.4) is 0 Å². The number of amides is 3. The molecule has 3 aliphatic rings. The smallest absolute Gasteiger partial charge is 0.245 e. The Bertz CT molecular complexity index is 847. The summed E-state index contributed by atoms with van der Waals surface area (Å²) in [7, 11) is 0. The highest BCUT2D eigenvalue weighted by molar-refractivity contribution is 6.02. The van der Waals surface area contributed by atoms with Gasteiger partial charge in [0.2, 0.25) is 17.7 Å². The van der Waals surface area contributed by atoms with Crippen LogP contribution in [0.4, 0.5) is 5.69 Å². The van der Waals surface area contributed by atoms with Crippen LogP contribution < -0.4 is 10.6 Å². The second kappa shape index (κ2) is 8.59. The predicted octanol–water partition coefficient (Wildman–Crippen LogP) is 1.30. The average Bonchev–Trinajstić information content (AvgIpc) is 3.41. The first kappa shape index (κ1) is 21.8. The van der Waals surface area contributed by atoms with Crippen molar-refractivity contribution < 1.29 is 24.2 Å². The molecule has 2 bridgehead atoms. The SMILES string of the molecule is CCCCNC(=O)C1N([C@H](C)CO)C(=O)[C@@H]2[C@H](C(=O)Nc3ccccc3)[C@@H]3CCC12O3. The molecule has 4 rings (SSSR count). The van der Waals surface area contributed by atoms with Crippen molar-refractivity contribution in [2.45, 2.75) is 63.3 Å². The second-order valence-corrected chi connectivity index (χ2v) is 8.83. The van der Waals surface area contributed by atoms with E-state index < -0.39 is 35.6 Å². The Morgan fingerprint density at radius 2 is 2.03 bits per heavy atom. The number of para-hydroxylation sites is 1. The molecule has 0 radical (unpaired) electrons. The normalized spacial score (nSPS) is 32.1. The summed E-state index contributed by atoms with van der Waals surface area (Å²) in [5.41, 5.74) is -0.371. The lowest BCUT2D eigenvalue weighted by Gasteiger charge is -2.35. The lowest BCUT2D eigenvalue weighted by Crippen LogP contribution is -2.57. The third-order valence-electron chi connectivity index (χ3n) is 6.90. The summed E-state index contributed by atoms with van der Waals surface area (Å²) in [6, 6.07) is 7.72. The number of fused-ring (bicyclic) bond motifs is 1. The molecule has 31 heavy (non-hydrogen) atoms. The Balaban J connectivity index is 1.64. The Labute approximate surface area is 182 Å². The van der Waals surface area contributed by atoms with Crippen LogP contribution in [-0.2, 0) is 19.1 Å². The maximum Gasteiger partial charge on any atom is 0.245 e. The number of rotatable bonds is 8. The number of anilines is 1. The third-order valence-corrected chi connectivity index (χ3v) is 6.90. The highest BCUT2D eigenvalue weighted by atomic mass is 16.5. The van der Waals surface area contributed by atoms with Gasteiger partial charge in [-0.1, -0.05) is 31.5 Å². The van der Waals surface area contributed by atoms with Crippen LogP contribution in [0.1, 0.15) is 39.5 Å². The van der Waals surface area contributed by atoms with Crippen LogP contribution in [0.5, 0.6) is 0 Å². The van der Waals surface area contributed by atoms with Gasteiger partial charge in [-0.25, -0.2) is 0 Å². The number of carbonyl (C=O) groups is 3. The van der Waals surface area contributed by atoms with Crippen molar-refractivity contribution in [3.8, 4) is 0 Å². The highest BCUT2D eigenvalue weighted by Gasteiger charge is 2.74. The number of aliphatic hydroxyl groups is 1. The summed E-state index contributed by atoms with van der Waals surface area (Å²) >= 11 is 0. The number of unbranched alkanes of at least 4 members (excludes halogenated alkanes) is 1. The summed E-state index contributed by atoms with van der Waals surface area (Å²) in [6.07, 6.45) is 2.55. The lowest BCUT2D eigenvalue weighted by molar-refractivity contribution is -0.144. The number of ether oxygens (including phenoxy) is 1. The minimum atomic E-state index is -1.03. The summed E-state index contributed by atoms with van der Waals surface area (Å²) in [5, 5.41) is 15.6. The summed E-state index contributed by atoms with van der Waals surface area (Å²) in [4.78, 5) is 41.4. The number of likely N-dealkylation sites (tertiary alicyclic amines) is 1. The molecular formula is C23H31N3O5. The van der Waals surface area contributed by atoms with Gasteiger partial charge in [0, 0.05) is 12.2 Å². The van der Waals surface area contributed by atoms with Gasteiger partial charge < -0.3 is 25.4 Å². The predicted molar refractivity (Wildman–Crippen MR) is 114 cm³/mol. The van der Waals surface area contributed by atoms with Gasteiger partial charge in [-0.3, -0.25) is 14.4 Å². The molecule has 3 fully saturated rings. The van der Waals surface area contributed by atoms with Crippen LogP contribution >= 0.6 is 0 Å². The summed E-state index contributed by atoms with van der Waals surface area (Å²) < 4.78 is 6.32. The van der Waals surface area contributed by atoms with Crippen molar-refractivity contribution >= 4 is 23.4 Å². The van der Waals surface area contributed by atoms with Gasteiger partial charge in [-0.05, 0) is 38.3 Å². The number of aliphatic hydroxyl groups excluding tert-OH is 1. The zero-order chi connectivity index (χ0) is 22.2. The number of benzene rings is 1. The fraction of sp³-hybridized carbons (Fsp3) is 0.609. The van der Waals surface area contributed by atoms with Crippen molar-refractivity contribution in [3.05, 3.63) is 30.3 Å². The van der Waals surface area contributed by atoms with E-state index in [9.17, 15) is 19.5 Å². The maximum atomic E-state index is 13.6. The zero-order valence-corrected chi connectivity index (χ0v) is 18.0. The van der Waals surface area contributed by atoms with Crippen LogP contribution in [-0.4, -0.2) is 64.7 Å². The first-order valence-corrected chi connectivity index (χ1v) is 11.2. The van der Waals surface area contributed by atoms with E-state index >= 15 is 0 Å². The fourth-order valence-corrected chi connectivity index (χ4v) is 5.49. The maximum absolute atomic E-state index is 13.6. The average molecular weight is 430 g/mol. The number of hydrogen-bond acceptors (Lipinski definition) is 5. The lowest BCUT2D eigenvalue weighted by atomic mass is 9.70. The topological polar surface area (TPSA) is 108 Å². The van der Waals surface area contributed by atoms with Crippen LogP contribution in [0.25, 0.3) is 0 Å². The highest BCUT2D eigenvalue weighted by Crippen LogP contribution is 2.58. The van der Waals surface area contributed by atoms with E-state index in [0.717, 1.165) is 12.8 Å². The Morgan fingerprint density at radius 3 is 2.71 bits per heavy atom. The third kappa shape index (κ3) is 3.51. The summed E-state index contributed by atoms with van der Waals surface area (Å²) in [5.74, 6) is -2.21. The fourth-order valence-electron chi connectivity index (χ4n) is 5.49. The largest absolute Gasteiger partial charge is 0.394 e. The molecule has 3 saturated heterocycles. The van der Waals surface area contributed by atoms with E-state index in [-0.39, 0.29) is 24.3 Å². The van der Waals surface area contributed by atoms with Gasteiger partial charge in [0.05, 0.1) is 30.6 Å². The number of hydrogen-bond donors (Lipinski definition) is 3. The van der Waals surface area contributed by atoms with Crippen LogP contribution in [0.2, 0.25) is 0 Å². The van der Waals surface area contributed by atoms with E-state index in [1.165, 1.54) is 4.90 Å². The molecule has 6 atom stereocenters. The van der Waals surface area contributed by atoms with Gasteiger partial charge in [-0.15, -0.1) is 0 Å². The first-order chi connectivity index (χ1) is 14.9. The van der Waals surface area contributed by atoms with E-state index in [0.29, 0.717) is 25.1 Å². The van der Waals surface area contributed by atoms with Crippen LogP contribution in [0.15, 0.2) is 30.3 Å². The molecule has 1 aromatic rings. The van der Waals surface area contributed by atoms with Crippen molar-refractivity contribution in [3.63, 3.8) is 0 Å². The molecule has 3 amide bonds. The molecule has 0 aliphatic carbocycles. The summed E-state index contributed by atoms with van der Waals surface area (Å²) in [6.45, 7) is 4.01. The minimum absolute atomic E-state index is 0.264. The Morgan fingerprint density at radius 1 is 1.29 bits per heavy atom. The molecule has 0 aromatic heterocycles. The molecule has 2 unspecified atom stereocenters. The van der Waals surface area contributed by atoms with Gasteiger partial charge in [0.1, 0.15) is 11.6 Å². The van der Waals surface area contributed by atoms with Crippen molar-refractivity contribution in [2.75, 3.05) is 18.5 Å². The van der Waals surface area contributed by atoms with Crippen molar-refractivity contribution in [2.24, 2.45) is 11.8 Å². The van der Waals surface area contributed by atoms with Crippen LogP contribution in [0, 0.1) is 11.8 Å².